The van der Waals surface area contributed by atoms with Gasteiger partial charge in [-0.1, -0.05) is 31.9 Å². The number of rotatable bonds is 14. The molecule has 3 N–H and O–H groups in total. The molecule has 0 radical (unpaired) electrons. The van der Waals surface area contributed by atoms with Gasteiger partial charge in [0, 0.05) is 25.1 Å². The molecule has 0 aromatic heterocycles. The van der Waals surface area contributed by atoms with E-state index >= 15 is 0 Å². The van der Waals surface area contributed by atoms with Crippen molar-refractivity contribution in [2.75, 3.05) is 13.1 Å². The number of carbonyl (C=O) groups is 3. The zero-order chi connectivity index (χ0) is 21.6. The van der Waals surface area contributed by atoms with Gasteiger partial charge in [0.05, 0.1) is 5.69 Å². The summed E-state index contributed by atoms with van der Waals surface area (Å²) in [6.45, 7) is 5.92. The predicted octanol–water partition coefficient (Wildman–Crippen LogP) is 3.64. The van der Waals surface area contributed by atoms with Crippen molar-refractivity contribution in [2.24, 2.45) is 10.3 Å². The summed E-state index contributed by atoms with van der Waals surface area (Å²) in [4.78, 5) is 34.0. The molecule has 0 saturated heterocycles. The van der Waals surface area contributed by atoms with Crippen LogP contribution < -0.4 is 5.32 Å². The van der Waals surface area contributed by atoms with Crippen molar-refractivity contribution in [3.05, 3.63) is 29.8 Å². The van der Waals surface area contributed by atoms with Gasteiger partial charge in [0.2, 0.25) is 0 Å². The summed E-state index contributed by atoms with van der Waals surface area (Å²) in [5, 5.41) is 30.6. The lowest BCUT2D eigenvalue weighted by Gasteiger charge is -2.16. The average Bonchev–Trinajstić information content (AvgIpc) is 2.70. The average molecular weight is 406 g/mol. The van der Waals surface area contributed by atoms with Crippen LogP contribution in [0.15, 0.2) is 34.6 Å². The summed E-state index contributed by atoms with van der Waals surface area (Å²) in [5.74, 6) is -2.98. The Labute approximate surface area is 170 Å². The predicted molar refractivity (Wildman–Crippen MR) is 108 cm³/mol. The van der Waals surface area contributed by atoms with E-state index in [1.54, 1.807) is 12.1 Å². The van der Waals surface area contributed by atoms with Crippen LogP contribution in [-0.2, 0) is 9.59 Å². The van der Waals surface area contributed by atoms with Crippen LogP contribution in [0.1, 0.15) is 62.7 Å². The fourth-order valence-electron chi connectivity index (χ4n) is 2.44. The highest BCUT2D eigenvalue weighted by Crippen LogP contribution is 2.15. The molecule has 0 fully saturated rings. The van der Waals surface area contributed by atoms with Crippen molar-refractivity contribution in [3.8, 4) is 0 Å². The Kier molecular flexibility index (Phi) is 11.0. The molecule has 0 aliphatic carbocycles. The highest BCUT2D eigenvalue weighted by Gasteiger charge is 2.21. The highest BCUT2D eigenvalue weighted by atomic mass is 16.4. The van der Waals surface area contributed by atoms with Crippen LogP contribution in [0.3, 0.4) is 0 Å². The first-order valence-electron chi connectivity index (χ1n) is 9.89. The van der Waals surface area contributed by atoms with E-state index in [0.29, 0.717) is 5.69 Å². The second-order valence-corrected chi connectivity index (χ2v) is 6.69. The first kappa shape index (κ1) is 24.1. The molecule has 29 heavy (non-hydrogen) atoms. The Morgan fingerprint density at radius 1 is 1.03 bits per heavy atom. The Morgan fingerprint density at radius 3 is 2.10 bits per heavy atom. The van der Waals surface area contributed by atoms with Gasteiger partial charge in [-0.15, -0.1) is 5.11 Å². The lowest BCUT2D eigenvalue weighted by atomic mass is 10.1. The summed E-state index contributed by atoms with van der Waals surface area (Å²) >= 11 is 0. The summed E-state index contributed by atoms with van der Waals surface area (Å²) < 4.78 is 0. The third kappa shape index (κ3) is 9.68. The summed E-state index contributed by atoms with van der Waals surface area (Å²) in [6, 6.07) is 5.06. The smallest absolute Gasteiger partial charge is 0.326 e. The molecule has 0 heterocycles. The van der Waals surface area contributed by atoms with Crippen LogP contribution in [0, 0.1) is 0 Å². The molecule has 1 aromatic carbocycles. The third-order valence-corrected chi connectivity index (χ3v) is 4.21. The number of carbonyl (C=O) groups excluding carboxylic acids is 1. The van der Waals surface area contributed by atoms with Crippen LogP contribution in [-0.4, -0.2) is 52.2 Å². The maximum atomic E-state index is 12.2. The van der Waals surface area contributed by atoms with Crippen molar-refractivity contribution < 1.29 is 24.6 Å². The van der Waals surface area contributed by atoms with Gasteiger partial charge in [-0.05, 0) is 43.5 Å². The first-order valence-corrected chi connectivity index (χ1v) is 9.89. The van der Waals surface area contributed by atoms with E-state index in [9.17, 15) is 14.4 Å². The van der Waals surface area contributed by atoms with Gasteiger partial charge in [-0.3, -0.25) is 14.6 Å². The highest BCUT2D eigenvalue weighted by molar-refractivity contribution is 5.96. The zero-order valence-electron chi connectivity index (χ0n) is 17.0. The molecule has 1 amide bonds. The maximum absolute atomic E-state index is 12.2. The van der Waals surface area contributed by atoms with E-state index in [1.807, 2.05) is 5.01 Å². The Balaban J connectivity index is 2.71. The SMILES string of the molecule is CCCCN(CCCC)N=Nc1ccc(C(=O)NC(CCC(=O)O)C(=O)O)cc1. The largest absolute Gasteiger partial charge is 0.481 e. The van der Waals surface area contributed by atoms with Gasteiger partial charge in [-0.2, -0.15) is 0 Å². The fourth-order valence-corrected chi connectivity index (χ4v) is 2.44. The lowest BCUT2D eigenvalue weighted by molar-refractivity contribution is -0.140. The number of carboxylic acids is 2. The molecular weight excluding hydrogens is 376 g/mol. The second-order valence-electron chi connectivity index (χ2n) is 6.69. The van der Waals surface area contributed by atoms with Crippen molar-refractivity contribution in [1.29, 1.82) is 0 Å². The number of amides is 1. The molecule has 0 aliphatic heterocycles. The number of hydrogen-bond acceptors (Lipinski definition) is 5. The minimum absolute atomic E-state index is 0.186. The number of benzene rings is 1. The van der Waals surface area contributed by atoms with E-state index < -0.39 is 23.9 Å². The number of hydrogen-bond donors (Lipinski definition) is 3. The molecular formula is C20H30N4O5. The standard InChI is InChI=1S/C20H30N4O5/c1-3-5-13-24(14-6-4-2)23-22-16-9-7-15(8-10-16)19(27)21-17(20(28)29)11-12-18(25)26/h7-10,17H,3-6,11-14H2,1-2H3,(H,21,27)(H,25,26)(H,28,29). The van der Waals surface area contributed by atoms with Crippen LogP contribution >= 0.6 is 0 Å². The minimum atomic E-state index is -1.27. The molecule has 0 spiro atoms. The molecule has 0 saturated carbocycles. The molecule has 9 nitrogen and oxygen atoms in total. The number of carboxylic acid groups (broad SMARTS) is 2. The normalized spacial score (nSPS) is 11.9. The van der Waals surface area contributed by atoms with Gasteiger partial charge in [0.1, 0.15) is 6.04 Å². The number of nitrogens with one attached hydrogen (secondary N) is 1. The molecule has 0 aliphatic rings. The fraction of sp³-hybridized carbons (Fsp3) is 0.550. The van der Waals surface area contributed by atoms with Crippen LogP contribution in [0.2, 0.25) is 0 Å². The lowest BCUT2D eigenvalue weighted by Crippen LogP contribution is -2.41. The monoisotopic (exact) mass is 406 g/mol. The van der Waals surface area contributed by atoms with Crippen molar-refractivity contribution in [1.82, 2.24) is 10.3 Å². The van der Waals surface area contributed by atoms with Gasteiger partial charge in [-0.25, -0.2) is 4.79 Å². The van der Waals surface area contributed by atoms with Crippen molar-refractivity contribution in [3.63, 3.8) is 0 Å². The third-order valence-electron chi connectivity index (χ3n) is 4.21. The van der Waals surface area contributed by atoms with E-state index in [2.05, 4.69) is 29.5 Å². The molecule has 9 heteroatoms. The topological polar surface area (TPSA) is 132 Å². The Bertz CT molecular complexity index is 683. The van der Waals surface area contributed by atoms with Gasteiger partial charge in [0.25, 0.3) is 5.91 Å². The Morgan fingerprint density at radius 2 is 1.62 bits per heavy atom. The van der Waals surface area contributed by atoms with Crippen LogP contribution in [0.4, 0.5) is 5.69 Å². The molecule has 0 bridgehead atoms. The van der Waals surface area contributed by atoms with Crippen LogP contribution in [0.5, 0.6) is 0 Å². The molecule has 1 aromatic rings. The van der Waals surface area contributed by atoms with Crippen molar-refractivity contribution >= 4 is 23.5 Å². The summed E-state index contributed by atoms with van der Waals surface area (Å²) in [6.07, 6.45) is 3.69. The first-order chi connectivity index (χ1) is 13.9. The molecule has 160 valence electrons. The quantitative estimate of drug-likeness (QED) is 0.319. The maximum Gasteiger partial charge on any atom is 0.326 e. The zero-order valence-corrected chi connectivity index (χ0v) is 17.0. The summed E-state index contributed by atoms with van der Waals surface area (Å²) in [7, 11) is 0. The van der Waals surface area contributed by atoms with E-state index in [1.165, 1.54) is 12.1 Å². The molecule has 1 rings (SSSR count). The number of unbranched alkanes of at least 4 members (excludes halogenated alkanes) is 2. The number of nitrogens with zero attached hydrogens (tertiary/aromatic N) is 3. The van der Waals surface area contributed by atoms with Gasteiger partial charge in [0.15, 0.2) is 0 Å². The second kappa shape index (κ2) is 13.2. The molecule has 1 unspecified atom stereocenters. The Hall–Kier alpha value is -2.97. The van der Waals surface area contributed by atoms with Crippen molar-refractivity contribution in [2.45, 2.75) is 58.4 Å². The number of aliphatic carboxylic acids is 2. The van der Waals surface area contributed by atoms with Gasteiger partial charge < -0.3 is 15.5 Å². The van der Waals surface area contributed by atoms with Gasteiger partial charge >= 0.3 is 11.9 Å². The minimum Gasteiger partial charge on any atom is -0.481 e. The molecule has 1 atom stereocenters. The van der Waals surface area contributed by atoms with E-state index in [4.69, 9.17) is 10.2 Å². The van der Waals surface area contributed by atoms with E-state index in [0.717, 1.165) is 38.8 Å². The van der Waals surface area contributed by atoms with Crippen LogP contribution in [0.25, 0.3) is 0 Å². The van der Waals surface area contributed by atoms with E-state index in [-0.39, 0.29) is 18.4 Å². The summed E-state index contributed by atoms with van der Waals surface area (Å²) in [5.41, 5.74) is 0.847.